The molecule has 0 fully saturated rings. The van der Waals surface area contributed by atoms with Crippen molar-refractivity contribution in [2.24, 2.45) is 0 Å². The van der Waals surface area contributed by atoms with Crippen LogP contribution in [-0.4, -0.2) is 36.5 Å². The predicted octanol–water partition coefficient (Wildman–Crippen LogP) is 3.19. The van der Waals surface area contributed by atoms with Gasteiger partial charge in [-0.1, -0.05) is 36.4 Å². The highest BCUT2D eigenvalue weighted by atomic mass is 16.5. The van der Waals surface area contributed by atoms with Crippen LogP contribution >= 0.6 is 0 Å². The van der Waals surface area contributed by atoms with E-state index in [4.69, 9.17) is 4.74 Å². The summed E-state index contributed by atoms with van der Waals surface area (Å²) < 4.78 is 5.43. The van der Waals surface area contributed by atoms with Gasteiger partial charge >= 0.3 is 0 Å². The van der Waals surface area contributed by atoms with Crippen LogP contribution in [0.4, 0.5) is 0 Å². The molecule has 0 spiro atoms. The fraction of sp³-hybridized carbons (Fsp3) is 0.409. The first-order valence-corrected chi connectivity index (χ1v) is 9.45. The number of nitrogens with zero attached hydrogens (tertiary/aromatic N) is 1. The van der Waals surface area contributed by atoms with E-state index in [9.17, 15) is 4.79 Å². The molecule has 1 aliphatic heterocycles. The molecule has 138 valence electrons. The highest BCUT2D eigenvalue weighted by Crippen LogP contribution is 2.20. The van der Waals surface area contributed by atoms with Crippen molar-refractivity contribution in [1.82, 2.24) is 10.2 Å². The second-order valence-corrected chi connectivity index (χ2v) is 6.90. The van der Waals surface area contributed by atoms with Gasteiger partial charge in [-0.2, -0.15) is 0 Å². The van der Waals surface area contributed by atoms with Crippen LogP contribution in [0.2, 0.25) is 0 Å². The topological polar surface area (TPSA) is 41.6 Å². The van der Waals surface area contributed by atoms with Crippen LogP contribution in [0.1, 0.15) is 30.5 Å². The van der Waals surface area contributed by atoms with E-state index in [1.165, 1.54) is 11.1 Å². The van der Waals surface area contributed by atoms with E-state index in [-0.39, 0.29) is 5.91 Å². The molecule has 0 aliphatic carbocycles. The smallest absolute Gasteiger partial charge is 0.224 e. The monoisotopic (exact) mass is 352 g/mol. The van der Waals surface area contributed by atoms with Gasteiger partial charge in [-0.25, -0.2) is 0 Å². The van der Waals surface area contributed by atoms with Gasteiger partial charge in [0.1, 0.15) is 5.75 Å². The van der Waals surface area contributed by atoms with Gasteiger partial charge in [0.2, 0.25) is 5.91 Å². The highest BCUT2D eigenvalue weighted by molar-refractivity contribution is 5.78. The first-order chi connectivity index (χ1) is 12.7. The SMILES string of the molecule is CCOc1ccc(CC(=O)NCC(C)N2CCc3ccccc3C2)cc1. The lowest BCUT2D eigenvalue weighted by Crippen LogP contribution is -2.44. The van der Waals surface area contributed by atoms with Crippen LogP contribution in [0, 0.1) is 0 Å². The molecular weight excluding hydrogens is 324 g/mol. The van der Waals surface area contributed by atoms with Gasteiger partial charge < -0.3 is 10.1 Å². The Balaban J connectivity index is 1.45. The van der Waals surface area contributed by atoms with Crippen LogP contribution in [0.25, 0.3) is 0 Å². The van der Waals surface area contributed by atoms with Crippen molar-refractivity contribution in [1.29, 1.82) is 0 Å². The normalized spacial score (nSPS) is 15.2. The number of benzene rings is 2. The largest absolute Gasteiger partial charge is 0.494 e. The van der Waals surface area contributed by atoms with E-state index in [2.05, 4.69) is 41.4 Å². The van der Waals surface area contributed by atoms with Crippen LogP contribution in [0.15, 0.2) is 48.5 Å². The van der Waals surface area contributed by atoms with Crippen LogP contribution in [0.5, 0.6) is 5.75 Å². The minimum Gasteiger partial charge on any atom is -0.494 e. The third-order valence-corrected chi connectivity index (χ3v) is 4.98. The summed E-state index contributed by atoms with van der Waals surface area (Å²) in [5, 5.41) is 3.08. The van der Waals surface area contributed by atoms with Gasteiger partial charge in [0.25, 0.3) is 0 Å². The Bertz CT molecular complexity index is 727. The standard InChI is InChI=1S/C22H28N2O2/c1-3-26-21-10-8-18(9-11-21)14-22(25)23-15-17(2)24-13-12-19-6-4-5-7-20(19)16-24/h4-11,17H,3,12-16H2,1-2H3,(H,23,25). The van der Waals surface area contributed by atoms with Crippen molar-refractivity contribution in [2.45, 2.75) is 39.3 Å². The minimum atomic E-state index is 0.0680. The summed E-state index contributed by atoms with van der Waals surface area (Å²) in [6.45, 7) is 7.49. The van der Waals surface area contributed by atoms with E-state index in [1.54, 1.807) is 0 Å². The van der Waals surface area contributed by atoms with Gasteiger partial charge in [-0.3, -0.25) is 9.69 Å². The summed E-state index contributed by atoms with van der Waals surface area (Å²) >= 11 is 0. The lowest BCUT2D eigenvalue weighted by Gasteiger charge is -2.33. The van der Waals surface area contributed by atoms with Gasteiger partial charge in [0.05, 0.1) is 13.0 Å². The zero-order valence-electron chi connectivity index (χ0n) is 15.7. The number of hydrogen-bond donors (Lipinski definition) is 1. The van der Waals surface area contributed by atoms with Gasteiger partial charge in [0.15, 0.2) is 0 Å². The van der Waals surface area contributed by atoms with Crippen LogP contribution in [0.3, 0.4) is 0 Å². The Kier molecular flexibility index (Phi) is 6.29. The van der Waals surface area contributed by atoms with E-state index in [0.717, 1.165) is 30.8 Å². The second kappa shape index (κ2) is 8.86. The summed E-state index contributed by atoms with van der Waals surface area (Å²) in [6.07, 6.45) is 1.49. The van der Waals surface area contributed by atoms with Crippen molar-refractivity contribution in [3.8, 4) is 5.75 Å². The lowest BCUT2D eigenvalue weighted by atomic mass is 9.99. The molecule has 1 heterocycles. The van der Waals surface area contributed by atoms with Crippen molar-refractivity contribution in [2.75, 3.05) is 19.7 Å². The van der Waals surface area contributed by atoms with Gasteiger partial charge in [-0.05, 0) is 49.1 Å². The number of hydrogen-bond acceptors (Lipinski definition) is 3. The zero-order valence-corrected chi connectivity index (χ0v) is 15.7. The minimum absolute atomic E-state index is 0.0680. The molecule has 0 bridgehead atoms. The second-order valence-electron chi connectivity index (χ2n) is 6.90. The fourth-order valence-electron chi connectivity index (χ4n) is 3.40. The molecule has 0 radical (unpaired) electrons. The van der Waals surface area contributed by atoms with Crippen molar-refractivity contribution < 1.29 is 9.53 Å². The molecule has 0 saturated carbocycles. The molecule has 4 heteroatoms. The van der Waals surface area contributed by atoms with E-state index >= 15 is 0 Å². The molecule has 26 heavy (non-hydrogen) atoms. The molecule has 1 atom stereocenters. The molecule has 0 saturated heterocycles. The molecule has 2 aromatic rings. The quantitative estimate of drug-likeness (QED) is 0.832. The van der Waals surface area contributed by atoms with Gasteiger partial charge in [0, 0.05) is 25.7 Å². The fourth-order valence-corrected chi connectivity index (χ4v) is 3.40. The highest BCUT2D eigenvalue weighted by Gasteiger charge is 2.20. The van der Waals surface area contributed by atoms with E-state index in [1.807, 2.05) is 31.2 Å². The van der Waals surface area contributed by atoms with Gasteiger partial charge in [-0.15, -0.1) is 0 Å². The molecular formula is C22H28N2O2. The summed E-state index contributed by atoms with van der Waals surface area (Å²) in [6, 6.07) is 16.7. The molecule has 1 unspecified atom stereocenters. The summed E-state index contributed by atoms with van der Waals surface area (Å²) in [5.74, 6) is 0.911. The molecule has 1 N–H and O–H groups in total. The number of carbonyl (C=O) groups is 1. The Morgan fingerprint density at radius 3 is 2.62 bits per heavy atom. The molecule has 4 nitrogen and oxygen atoms in total. The zero-order chi connectivity index (χ0) is 18.4. The van der Waals surface area contributed by atoms with E-state index < -0.39 is 0 Å². The predicted molar refractivity (Wildman–Crippen MR) is 104 cm³/mol. The number of rotatable bonds is 7. The third-order valence-electron chi connectivity index (χ3n) is 4.98. The average Bonchev–Trinajstić information content (AvgIpc) is 2.67. The third kappa shape index (κ3) is 4.85. The summed E-state index contributed by atoms with van der Waals surface area (Å²) in [5.41, 5.74) is 3.87. The average molecular weight is 352 g/mol. The van der Waals surface area contributed by atoms with Crippen molar-refractivity contribution in [3.63, 3.8) is 0 Å². The number of nitrogens with one attached hydrogen (secondary N) is 1. The molecule has 2 aromatic carbocycles. The number of carbonyl (C=O) groups excluding carboxylic acids is 1. The number of amides is 1. The Labute approximate surface area is 156 Å². The van der Waals surface area contributed by atoms with Crippen LogP contribution in [-0.2, 0) is 24.2 Å². The Morgan fingerprint density at radius 1 is 1.15 bits per heavy atom. The molecule has 1 aliphatic rings. The van der Waals surface area contributed by atoms with Crippen LogP contribution < -0.4 is 10.1 Å². The maximum Gasteiger partial charge on any atom is 0.224 e. The van der Waals surface area contributed by atoms with Crippen molar-refractivity contribution in [3.05, 3.63) is 65.2 Å². The maximum absolute atomic E-state index is 12.2. The lowest BCUT2D eigenvalue weighted by molar-refractivity contribution is -0.120. The first-order valence-electron chi connectivity index (χ1n) is 9.45. The van der Waals surface area contributed by atoms with Crippen molar-refractivity contribution >= 4 is 5.91 Å². The number of ether oxygens (including phenoxy) is 1. The Morgan fingerprint density at radius 2 is 1.88 bits per heavy atom. The summed E-state index contributed by atoms with van der Waals surface area (Å²) in [7, 11) is 0. The number of fused-ring (bicyclic) bond motifs is 1. The Hall–Kier alpha value is -2.33. The molecule has 3 rings (SSSR count). The maximum atomic E-state index is 12.2. The first kappa shape index (κ1) is 18.5. The summed E-state index contributed by atoms with van der Waals surface area (Å²) in [4.78, 5) is 14.7. The molecule has 0 aromatic heterocycles. The van der Waals surface area contributed by atoms with E-state index in [0.29, 0.717) is 25.6 Å². The molecule has 1 amide bonds.